The van der Waals surface area contributed by atoms with Crippen molar-refractivity contribution in [1.82, 2.24) is 19.6 Å². The van der Waals surface area contributed by atoms with Crippen molar-refractivity contribution in [2.24, 2.45) is 5.92 Å². The first-order valence-corrected chi connectivity index (χ1v) is 10.00. The summed E-state index contributed by atoms with van der Waals surface area (Å²) >= 11 is 0. The van der Waals surface area contributed by atoms with E-state index in [9.17, 15) is 19.2 Å². The lowest BCUT2D eigenvalue weighted by atomic mass is 9.97. The number of rotatable bonds is 4. The number of piperazine rings is 1. The zero-order chi connectivity index (χ0) is 21.4. The van der Waals surface area contributed by atoms with Crippen molar-refractivity contribution in [2.75, 3.05) is 20.2 Å². The molecule has 2 aliphatic heterocycles. The van der Waals surface area contributed by atoms with Gasteiger partial charge in [-0.2, -0.15) is 0 Å². The van der Waals surface area contributed by atoms with Gasteiger partial charge in [-0.05, 0) is 25.0 Å². The van der Waals surface area contributed by atoms with Crippen LogP contribution in [0, 0.1) is 5.92 Å². The number of hydrogen-bond acceptors (Lipinski definition) is 5. The molecule has 4 rings (SSSR count). The molecule has 9 nitrogen and oxygen atoms in total. The Kier molecular flexibility index (Phi) is 5.19. The number of para-hydroxylation sites is 1. The number of benzene rings is 1. The molecule has 2 aliphatic rings. The quantitative estimate of drug-likeness (QED) is 0.748. The predicted octanol–water partition coefficient (Wildman–Crippen LogP) is 0.790. The molecule has 1 aromatic carbocycles. The molecule has 9 heteroatoms. The summed E-state index contributed by atoms with van der Waals surface area (Å²) in [5.41, 5.74) is 0.386. The summed E-state index contributed by atoms with van der Waals surface area (Å²) in [6.07, 6.45) is 1.10. The Morgan fingerprint density at radius 3 is 2.60 bits per heavy atom. The summed E-state index contributed by atoms with van der Waals surface area (Å²) < 4.78 is 6.20. The number of methoxy groups -OCH3 is 1. The van der Waals surface area contributed by atoms with Crippen LogP contribution >= 0.6 is 0 Å². The number of nitrogens with zero attached hydrogens (tertiary/aromatic N) is 3. The van der Waals surface area contributed by atoms with E-state index in [-0.39, 0.29) is 47.7 Å². The van der Waals surface area contributed by atoms with E-state index in [1.807, 2.05) is 13.0 Å². The van der Waals surface area contributed by atoms with E-state index >= 15 is 0 Å². The van der Waals surface area contributed by atoms with Gasteiger partial charge in [-0.15, -0.1) is 0 Å². The van der Waals surface area contributed by atoms with Gasteiger partial charge in [-0.1, -0.05) is 25.1 Å². The maximum atomic E-state index is 13.0. The number of fused-ring (bicyclic) bond motifs is 1. The molecule has 158 valence electrons. The number of hydrogen-bond donors (Lipinski definition) is 1. The molecule has 1 aromatic heterocycles. The lowest BCUT2D eigenvalue weighted by Crippen LogP contribution is -2.57. The monoisotopic (exact) mass is 412 g/mol. The zero-order valence-electron chi connectivity index (χ0n) is 16.9. The maximum absolute atomic E-state index is 13.0. The van der Waals surface area contributed by atoms with Crippen molar-refractivity contribution in [1.29, 1.82) is 0 Å². The number of ether oxygens (including phenoxy) is 1. The first-order valence-electron chi connectivity index (χ1n) is 10.00. The number of aromatic nitrogens is 2. The molecule has 30 heavy (non-hydrogen) atoms. The third-order valence-electron chi connectivity index (χ3n) is 5.96. The topological polar surface area (TPSA) is 105 Å². The highest BCUT2D eigenvalue weighted by molar-refractivity contribution is 5.96. The highest BCUT2D eigenvalue weighted by Crippen LogP contribution is 2.35. The largest absolute Gasteiger partial charge is 0.469 e. The molecule has 3 atom stereocenters. The van der Waals surface area contributed by atoms with Crippen LogP contribution in [-0.2, 0) is 14.3 Å². The van der Waals surface area contributed by atoms with Crippen LogP contribution in [0.25, 0.3) is 5.69 Å². The molecule has 0 radical (unpaired) electrons. The number of carbonyl (C=O) groups excluding carboxylic acids is 3. The van der Waals surface area contributed by atoms with Crippen molar-refractivity contribution in [2.45, 2.75) is 31.8 Å². The Balaban J connectivity index is 1.56. The summed E-state index contributed by atoms with van der Waals surface area (Å²) in [6.45, 7) is 2.16. The summed E-state index contributed by atoms with van der Waals surface area (Å²) in [6, 6.07) is 9.72. The number of esters is 1. The third kappa shape index (κ3) is 3.30. The van der Waals surface area contributed by atoms with E-state index in [4.69, 9.17) is 4.74 Å². The van der Waals surface area contributed by atoms with Crippen molar-refractivity contribution >= 4 is 17.8 Å². The Labute approximate surface area is 173 Å². The molecule has 2 saturated heterocycles. The van der Waals surface area contributed by atoms with Gasteiger partial charge in [-0.25, -0.2) is 4.68 Å². The number of amides is 2. The van der Waals surface area contributed by atoms with Crippen molar-refractivity contribution in [3.63, 3.8) is 0 Å². The maximum Gasteiger partial charge on any atom is 0.310 e. The van der Waals surface area contributed by atoms with E-state index in [0.29, 0.717) is 25.1 Å². The van der Waals surface area contributed by atoms with Gasteiger partial charge >= 0.3 is 5.97 Å². The number of nitrogens with one attached hydrogen (secondary N) is 1. The van der Waals surface area contributed by atoms with Crippen LogP contribution in [0.15, 0.2) is 41.2 Å². The van der Waals surface area contributed by atoms with Gasteiger partial charge in [0.25, 0.3) is 11.5 Å². The van der Waals surface area contributed by atoms with Crippen molar-refractivity contribution < 1.29 is 19.1 Å². The van der Waals surface area contributed by atoms with Crippen LogP contribution in [0.3, 0.4) is 0 Å². The molecule has 0 saturated carbocycles. The molecule has 0 unspecified atom stereocenters. The highest BCUT2D eigenvalue weighted by Gasteiger charge is 2.50. The van der Waals surface area contributed by atoms with Gasteiger partial charge in [0.15, 0.2) is 0 Å². The minimum atomic E-state index is -0.413. The molecule has 2 fully saturated rings. The van der Waals surface area contributed by atoms with Crippen LogP contribution in [0.5, 0.6) is 0 Å². The molecule has 0 bridgehead atoms. The minimum absolute atomic E-state index is 0.0850. The van der Waals surface area contributed by atoms with Gasteiger partial charge < -0.3 is 14.5 Å². The molecular formula is C21H24N4O5. The van der Waals surface area contributed by atoms with Crippen LogP contribution in [-0.4, -0.2) is 69.6 Å². The van der Waals surface area contributed by atoms with Crippen LogP contribution in [0.4, 0.5) is 0 Å². The fourth-order valence-electron chi connectivity index (χ4n) is 4.63. The molecule has 3 heterocycles. The summed E-state index contributed by atoms with van der Waals surface area (Å²) in [5.74, 6) is -1.32. The standard InChI is InChI=1S/C21H24N4O5/c1-3-17-15(21(29)30-2)9-14-11-23(12-19(27)24(14)17)20(28)16-10-18(26)25(22-16)13-7-5-4-6-8-13/h4-8,10,14-15,17,22H,3,9,11-12H2,1-2H3/t14-,15-,17-/m0/s1. The molecule has 1 N–H and O–H groups in total. The summed E-state index contributed by atoms with van der Waals surface area (Å²) in [4.78, 5) is 53.6. The number of H-pyrrole nitrogens is 1. The first kappa shape index (κ1) is 19.9. The van der Waals surface area contributed by atoms with E-state index in [2.05, 4.69) is 5.10 Å². The second-order valence-corrected chi connectivity index (χ2v) is 7.66. The predicted molar refractivity (Wildman–Crippen MR) is 107 cm³/mol. The van der Waals surface area contributed by atoms with Crippen LogP contribution in [0.1, 0.15) is 30.3 Å². The fraction of sp³-hybridized carbons (Fsp3) is 0.429. The van der Waals surface area contributed by atoms with Gasteiger partial charge in [0.2, 0.25) is 5.91 Å². The highest BCUT2D eigenvalue weighted by atomic mass is 16.5. The van der Waals surface area contributed by atoms with E-state index in [1.165, 1.54) is 22.8 Å². The number of aromatic amines is 1. The lowest BCUT2D eigenvalue weighted by Gasteiger charge is -2.39. The molecular weight excluding hydrogens is 388 g/mol. The van der Waals surface area contributed by atoms with E-state index < -0.39 is 5.91 Å². The van der Waals surface area contributed by atoms with Crippen molar-refractivity contribution in [3.8, 4) is 5.69 Å². The van der Waals surface area contributed by atoms with Gasteiger partial charge in [0.1, 0.15) is 12.2 Å². The van der Waals surface area contributed by atoms with E-state index in [1.54, 1.807) is 29.2 Å². The van der Waals surface area contributed by atoms with Crippen LogP contribution < -0.4 is 5.56 Å². The van der Waals surface area contributed by atoms with Gasteiger partial charge in [0.05, 0.1) is 24.8 Å². The SMILES string of the molecule is CC[C@H]1[C@@H](C(=O)OC)C[C@H]2CN(C(=O)c3cc(=O)n(-c4ccccc4)[nH]3)CC(=O)N21. The Morgan fingerprint density at radius 1 is 1.20 bits per heavy atom. The second-order valence-electron chi connectivity index (χ2n) is 7.66. The van der Waals surface area contributed by atoms with Crippen molar-refractivity contribution in [3.05, 3.63) is 52.4 Å². The average molecular weight is 412 g/mol. The van der Waals surface area contributed by atoms with E-state index in [0.717, 1.165) is 0 Å². The molecule has 2 amide bonds. The Bertz CT molecular complexity index is 1030. The molecule has 0 aliphatic carbocycles. The second kappa shape index (κ2) is 7.81. The van der Waals surface area contributed by atoms with Gasteiger partial charge in [-0.3, -0.25) is 24.3 Å². The fourth-order valence-corrected chi connectivity index (χ4v) is 4.63. The molecule has 2 aromatic rings. The first-order chi connectivity index (χ1) is 14.4. The van der Waals surface area contributed by atoms with Gasteiger partial charge in [0, 0.05) is 18.7 Å². The minimum Gasteiger partial charge on any atom is -0.469 e. The number of carbonyl (C=O) groups is 3. The zero-order valence-corrected chi connectivity index (χ0v) is 16.9. The lowest BCUT2D eigenvalue weighted by molar-refractivity contribution is -0.147. The average Bonchev–Trinajstić information content (AvgIpc) is 3.34. The summed E-state index contributed by atoms with van der Waals surface area (Å²) in [7, 11) is 1.34. The van der Waals surface area contributed by atoms with Crippen LogP contribution in [0.2, 0.25) is 0 Å². The summed E-state index contributed by atoms with van der Waals surface area (Å²) in [5, 5.41) is 2.84. The third-order valence-corrected chi connectivity index (χ3v) is 5.96. The Hall–Kier alpha value is -3.36. The Morgan fingerprint density at radius 2 is 1.93 bits per heavy atom. The normalized spacial score (nSPS) is 23.4. The smallest absolute Gasteiger partial charge is 0.310 e. The molecule has 0 spiro atoms.